The number of aryl methyl sites for hydroxylation is 1. The summed E-state index contributed by atoms with van der Waals surface area (Å²) < 4.78 is 11.2. The molecule has 0 bridgehead atoms. The lowest BCUT2D eigenvalue weighted by Crippen LogP contribution is -2.36. The number of likely N-dealkylation sites (tertiary alicyclic amines) is 1. The minimum Gasteiger partial charge on any atom is -0.507 e. The Morgan fingerprint density at radius 2 is 1.91 bits per heavy atom. The van der Waals surface area contributed by atoms with E-state index in [4.69, 9.17) is 9.47 Å². The Labute approximate surface area is 194 Å². The van der Waals surface area contributed by atoms with E-state index in [-0.39, 0.29) is 17.4 Å². The van der Waals surface area contributed by atoms with E-state index in [0.29, 0.717) is 31.1 Å². The predicted octanol–water partition coefficient (Wildman–Crippen LogP) is 4.41. The van der Waals surface area contributed by atoms with E-state index in [1.165, 1.54) is 0 Å². The zero-order valence-electron chi connectivity index (χ0n) is 18.8. The number of aliphatic hydroxyl groups excluding tert-OH is 1. The van der Waals surface area contributed by atoms with Crippen molar-refractivity contribution in [2.45, 2.75) is 38.3 Å². The van der Waals surface area contributed by atoms with Crippen LogP contribution in [0.1, 0.15) is 42.5 Å². The average molecular weight is 448 g/mol. The van der Waals surface area contributed by atoms with Crippen LogP contribution >= 0.6 is 0 Å². The van der Waals surface area contributed by atoms with E-state index in [9.17, 15) is 14.7 Å². The smallest absolute Gasteiger partial charge is 0.295 e. The fraction of sp³-hybridized carbons (Fsp3) is 0.333. The molecule has 0 unspecified atom stereocenters. The summed E-state index contributed by atoms with van der Waals surface area (Å²) in [5, 5.41) is 11.2. The lowest BCUT2D eigenvalue weighted by atomic mass is 9.94. The molecule has 2 atom stereocenters. The molecule has 2 aromatic carbocycles. The first kappa shape index (κ1) is 22.8. The summed E-state index contributed by atoms with van der Waals surface area (Å²) in [5.74, 6) is -0.857. The van der Waals surface area contributed by atoms with Crippen molar-refractivity contribution in [2.24, 2.45) is 0 Å². The van der Waals surface area contributed by atoms with Crippen molar-refractivity contribution in [2.75, 3.05) is 19.8 Å². The Morgan fingerprint density at radius 3 is 2.52 bits per heavy atom. The van der Waals surface area contributed by atoms with Gasteiger partial charge < -0.3 is 19.5 Å². The fourth-order valence-electron chi connectivity index (χ4n) is 4.38. The van der Waals surface area contributed by atoms with Gasteiger partial charge in [0.25, 0.3) is 11.7 Å². The second kappa shape index (κ2) is 10.0. The number of ketones is 1. The van der Waals surface area contributed by atoms with Crippen LogP contribution in [0.25, 0.3) is 5.76 Å². The molecule has 6 nitrogen and oxygen atoms in total. The highest BCUT2D eigenvalue weighted by atomic mass is 16.5. The van der Waals surface area contributed by atoms with Crippen LogP contribution in [0.15, 0.2) is 66.8 Å². The molecule has 0 aromatic heterocycles. The molecule has 2 aromatic rings. The molecular formula is C27H29NO5. The minimum atomic E-state index is -0.679. The SMILES string of the molecule is C=CCOc1ccc(C(O)=C2C(=O)C(=O)N(C[C@@H]3CCCO3)[C@@H]2c2ccc(CC)cc2)cc1. The minimum absolute atomic E-state index is 0.0991. The molecule has 2 fully saturated rings. The first-order valence-corrected chi connectivity index (χ1v) is 11.4. The number of hydrogen-bond acceptors (Lipinski definition) is 5. The van der Waals surface area contributed by atoms with Gasteiger partial charge in [-0.15, -0.1) is 0 Å². The van der Waals surface area contributed by atoms with Crippen LogP contribution in [-0.2, 0) is 20.7 Å². The number of Topliss-reactive ketones (excluding diaryl/α,β-unsaturated/α-hetero) is 1. The largest absolute Gasteiger partial charge is 0.507 e. The molecular weight excluding hydrogens is 418 g/mol. The molecule has 2 saturated heterocycles. The van der Waals surface area contributed by atoms with Crippen molar-refractivity contribution >= 4 is 17.4 Å². The maximum atomic E-state index is 13.1. The van der Waals surface area contributed by atoms with Gasteiger partial charge in [0, 0.05) is 18.7 Å². The Hall–Kier alpha value is -3.38. The standard InChI is InChI=1S/C27H29NO5/c1-3-15-32-21-13-11-20(12-14-21)25(29)23-24(19-9-7-18(4-2)8-10-19)28(27(31)26(23)30)17-22-6-5-16-33-22/h3,7-14,22,24,29H,1,4-6,15-17H2,2H3/t22-,24+/m0/s1. The van der Waals surface area contributed by atoms with Gasteiger partial charge in [0.05, 0.1) is 17.7 Å². The molecule has 33 heavy (non-hydrogen) atoms. The number of nitrogens with zero attached hydrogens (tertiary/aromatic N) is 1. The number of amides is 1. The highest BCUT2D eigenvalue weighted by Gasteiger charge is 2.47. The summed E-state index contributed by atoms with van der Waals surface area (Å²) in [4.78, 5) is 27.7. The lowest BCUT2D eigenvalue weighted by molar-refractivity contribution is -0.140. The number of aliphatic hydroxyl groups is 1. The van der Waals surface area contributed by atoms with Crippen LogP contribution in [0, 0.1) is 0 Å². The van der Waals surface area contributed by atoms with E-state index < -0.39 is 17.7 Å². The number of carbonyl (C=O) groups is 2. The van der Waals surface area contributed by atoms with Gasteiger partial charge in [-0.25, -0.2) is 0 Å². The van der Waals surface area contributed by atoms with Crippen LogP contribution in [0.2, 0.25) is 0 Å². The molecule has 0 radical (unpaired) electrons. The number of rotatable bonds is 8. The van der Waals surface area contributed by atoms with Crippen LogP contribution in [0.3, 0.4) is 0 Å². The Balaban J connectivity index is 1.74. The zero-order chi connectivity index (χ0) is 23.4. The van der Waals surface area contributed by atoms with Gasteiger partial charge in [-0.05, 0) is 54.7 Å². The second-order valence-electron chi connectivity index (χ2n) is 8.31. The first-order valence-electron chi connectivity index (χ1n) is 11.4. The maximum Gasteiger partial charge on any atom is 0.295 e. The molecule has 0 saturated carbocycles. The molecule has 4 rings (SSSR count). The predicted molar refractivity (Wildman–Crippen MR) is 126 cm³/mol. The molecule has 0 spiro atoms. The number of carbonyl (C=O) groups excluding carboxylic acids is 2. The van der Waals surface area contributed by atoms with E-state index >= 15 is 0 Å². The fourth-order valence-corrected chi connectivity index (χ4v) is 4.38. The molecule has 0 aliphatic carbocycles. The van der Waals surface area contributed by atoms with Crippen molar-refractivity contribution in [1.29, 1.82) is 0 Å². The van der Waals surface area contributed by atoms with Gasteiger partial charge in [0.2, 0.25) is 0 Å². The summed E-state index contributed by atoms with van der Waals surface area (Å²) >= 11 is 0. The van der Waals surface area contributed by atoms with Crippen molar-refractivity contribution in [3.8, 4) is 5.75 Å². The van der Waals surface area contributed by atoms with Crippen molar-refractivity contribution < 1.29 is 24.2 Å². The normalized spacial score (nSPS) is 22.0. The lowest BCUT2D eigenvalue weighted by Gasteiger charge is -2.27. The Morgan fingerprint density at radius 1 is 1.18 bits per heavy atom. The van der Waals surface area contributed by atoms with Gasteiger partial charge in [-0.2, -0.15) is 0 Å². The molecule has 2 aliphatic rings. The zero-order valence-corrected chi connectivity index (χ0v) is 18.8. The topological polar surface area (TPSA) is 76.1 Å². The number of benzene rings is 2. The first-order chi connectivity index (χ1) is 16.0. The van der Waals surface area contributed by atoms with Crippen LogP contribution in [0.5, 0.6) is 5.75 Å². The Bertz CT molecular complexity index is 1050. The van der Waals surface area contributed by atoms with Gasteiger partial charge >= 0.3 is 0 Å². The molecule has 6 heteroatoms. The van der Waals surface area contributed by atoms with Gasteiger partial charge in [-0.1, -0.05) is 43.8 Å². The highest BCUT2D eigenvalue weighted by Crippen LogP contribution is 2.40. The third-order valence-corrected chi connectivity index (χ3v) is 6.16. The third-order valence-electron chi connectivity index (χ3n) is 6.16. The maximum absolute atomic E-state index is 13.1. The number of hydrogen-bond donors (Lipinski definition) is 1. The quantitative estimate of drug-likeness (QED) is 0.281. The van der Waals surface area contributed by atoms with Gasteiger partial charge in [0.1, 0.15) is 18.1 Å². The molecule has 172 valence electrons. The van der Waals surface area contributed by atoms with Gasteiger partial charge in [-0.3, -0.25) is 9.59 Å². The molecule has 2 aliphatic heterocycles. The summed E-state index contributed by atoms with van der Waals surface area (Å²) in [5.41, 5.74) is 2.50. The van der Waals surface area contributed by atoms with Crippen LogP contribution < -0.4 is 4.74 Å². The average Bonchev–Trinajstić information content (AvgIpc) is 3.45. The summed E-state index contributed by atoms with van der Waals surface area (Å²) in [6, 6.07) is 14.0. The number of ether oxygens (including phenoxy) is 2. The van der Waals surface area contributed by atoms with E-state index in [1.807, 2.05) is 24.3 Å². The molecule has 1 N–H and O–H groups in total. The van der Waals surface area contributed by atoms with Crippen molar-refractivity contribution in [1.82, 2.24) is 4.90 Å². The van der Waals surface area contributed by atoms with Crippen molar-refractivity contribution in [3.05, 3.63) is 83.4 Å². The van der Waals surface area contributed by atoms with Crippen LogP contribution in [0.4, 0.5) is 0 Å². The summed E-state index contributed by atoms with van der Waals surface area (Å²) in [7, 11) is 0. The third kappa shape index (κ3) is 4.71. The van der Waals surface area contributed by atoms with E-state index in [0.717, 1.165) is 30.4 Å². The summed E-state index contributed by atoms with van der Waals surface area (Å²) in [6.45, 7) is 7.04. The van der Waals surface area contributed by atoms with Crippen LogP contribution in [-0.4, -0.2) is 47.6 Å². The van der Waals surface area contributed by atoms with Crippen molar-refractivity contribution in [3.63, 3.8) is 0 Å². The van der Waals surface area contributed by atoms with E-state index in [1.54, 1.807) is 35.2 Å². The molecule has 2 heterocycles. The van der Waals surface area contributed by atoms with Gasteiger partial charge in [0.15, 0.2) is 0 Å². The monoisotopic (exact) mass is 447 g/mol. The highest BCUT2D eigenvalue weighted by molar-refractivity contribution is 6.46. The Kier molecular flexibility index (Phi) is 6.94. The van der Waals surface area contributed by atoms with E-state index in [2.05, 4.69) is 13.5 Å². The summed E-state index contributed by atoms with van der Waals surface area (Å²) in [6.07, 6.45) is 4.20. The second-order valence-corrected chi connectivity index (χ2v) is 8.31. The molecule has 1 amide bonds.